The van der Waals surface area contributed by atoms with E-state index in [0.717, 1.165) is 36.0 Å². The van der Waals surface area contributed by atoms with Crippen LogP contribution in [0.1, 0.15) is 16.8 Å². The number of H-pyrrole nitrogens is 1. The van der Waals surface area contributed by atoms with Gasteiger partial charge in [0.15, 0.2) is 0 Å². The molecule has 0 aliphatic carbocycles. The highest BCUT2D eigenvalue weighted by atomic mass is 35.5. The molecule has 0 spiro atoms. The molecule has 0 unspecified atom stereocenters. The molecule has 7 nitrogen and oxygen atoms in total. The van der Waals surface area contributed by atoms with Gasteiger partial charge in [0, 0.05) is 22.6 Å². The summed E-state index contributed by atoms with van der Waals surface area (Å²) in [6.07, 6.45) is 0.964. The zero-order valence-electron chi connectivity index (χ0n) is 14.4. The van der Waals surface area contributed by atoms with E-state index in [4.69, 9.17) is 11.6 Å². The number of halogens is 1. The minimum Gasteiger partial charge on any atom is -0.342 e. The number of amides is 2. The zero-order chi connectivity index (χ0) is 18.8. The summed E-state index contributed by atoms with van der Waals surface area (Å²) in [6, 6.07) is 11.0. The van der Waals surface area contributed by atoms with Crippen molar-refractivity contribution in [2.75, 3.05) is 11.9 Å². The molecule has 4 N–H and O–H groups in total. The number of fused-ring (bicyclic) bond motifs is 2. The first-order chi connectivity index (χ1) is 13.1. The standard InChI is InChI=1S/C19H18ClN5O2/c20-13-2-4-16-15(8-13)17(25-24-16)10-22-18(26)19(27)23-14-3-1-11-5-6-21-9-12(11)7-14/h1-4,7-8,21H,5-6,9-10H2,(H,22,26)(H,23,27)(H,24,25). The molecule has 0 saturated carbocycles. The summed E-state index contributed by atoms with van der Waals surface area (Å²) >= 11 is 6.00. The average Bonchev–Trinajstić information content (AvgIpc) is 3.08. The van der Waals surface area contributed by atoms with Gasteiger partial charge in [0.05, 0.1) is 17.8 Å². The molecule has 4 rings (SSSR count). The number of anilines is 1. The van der Waals surface area contributed by atoms with Crippen LogP contribution in [0.15, 0.2) is 36.4 Å². The Balaban J connectivity index is 1.39. The summed E-state index contributed by atoms with van der Waals surface area (Å²) in [5.74, 6) is -1.42. The maximum absolute atomic E-state index is 12.2. The molecule has 0 fully saturated rings. The first-order valence-corrected chi connectivity index (χ1v) is 9.02. The smallest absolute Gasteiger partial charge is 0.313 e. The van der Waals surface area contributed by atoms with Gasteiger partial charge in [-0.15, -0.1) is 0 Å². The van der Waals surface area contributed by atoms with Crippen LogP contribution < -0.4 is 16.0 Å². The molecule has 2 aromatic carbocycles. The Bertz CT molecular complexity index is 1030. The lowest BCUT2D eigenvalue weighted by molar-refractivity contribution is -0.136. The van der Waals surface area contributed by atoms with E-state index in [0.29, 0.717) is 16.4 Å². The second-order valence-electron chi connectivity index (χ2n) is 6.41. The summed E-state index contributed by atoms with van der Waals surface area (Å²) < 4.78 is 0. The van der Waals surface area contributed by atoms with Crippen LogP contribution in [0.3, 0.4) is 0 Å². The summed E-state index contributed by atoms with van der Waals surface area (Å²) in [7, 11) is 0. The zero-order valence-corrected chi connectivity index (χ0v) is 15.2. The van der Waals surface area contributed by atoms with Gasteiger partial charge in [-0.05, 0) is 54.4 Å². The first kappa shape index (κ1) is 17.5. The number of rotatable bonds is 3. The van der Waals surface area contributed by atoms with E-state index in [9.17, 15) is 9.59 Å². The number of hydrogen-bond donors (Lipinski definition) is 4. The largest absolute Gasteiger partial charge is 0.342 e. The van der Waals surface area contributed by atoms with Gasteiger partial charge in [-0.2, -0.15) is 5.10 Å². The van der Waals surface area contributed by atoms with E-state index in [1.165, 1.54) is 5.56 Å². The Kier molecular flexibility index (Phi) is 4.79. The molecular weight excluding hydrogens is 366 g/mol. The molecule has 138 valence electrons. The molecule has 2 amide bonds. The molecule has 1 aliphatic heterocycles. The van der Waals surface area contributed by atoms with E-state index in [1.807, 2.05) is 18.2 Å². The minimum atomic E-state index is -0.712. The molecular formula is C19H18ClN5O2. The van der Waals surface area contributed by atoms with Crippen LogP contribution >= 0.6 is 11.6 Å². The van der Waals surface area contributed by atoms with Crippen LogP contribution in [0.2, 0.25) is 5.02 Å². The van der Waals surface area contributed by atoms with Gasteiger partial charge in [0.25, 0.3) is 0 Å². The van der Waals surface area contributed by atoms with Crippen molar-refractivity contribution in [2.24, 2.45) is 0 Å². The lowest BCUT2D eigenvalue weighted by Gasteiger charge is -2.18. The normalized spacial score (nSPS) is 13.2. The average molecular weight is 384 g/mol. The van der Waals surface area contributed by atoms with Crippen molar-refractivity contribution >= 4 is 40.0 Å². The predicted octanol–water partition coefficient (Wildman–Crippen LogP) is 2.12. The third-order valence-corrected chi connectivity index (χ3v) is 4.81. The van der Waals surface area contributed by atoms with Gasteiger partial charge < -0.3 is 16.0 Å². The number of aromatic amines is 1. The van der Waals surface area contributed by atoms with Gasteiger partial charge >= 0.3 is 11.8 Å². The fraction of sp³-hybridized carbons (Fsp3) is 0.211. The number of aromatic nitrogens is 2. The number of benzene rings is 2. The van der Waals surface area contributed by atoms with E-state index in [2.05, 4.69) is 26.1 Å². The van der Waals surface area contributed by atoms with Crippen LogP contribution in [0.4, 0.5) is 5.69 Å². The minimum absolute atomic E-state index is 0.150. The van der Waals surface area contributed by atoms with Crippen LogP contribution in [-0.2, 0) is 29.1 Å². The molecule has 0 atom stereocenters. The van der Waals surface area contributed by atoms with Gasteiger partial charge in [-0.1, -0.05) is 17.7 Å². The van der Waals surface area contributed by atoms with Gasteiger partial charge in [0.1, 0.15) is 0 Å². The van der Waals surface area contributed by atoms with Crippen LogP contribution in [0.25, 0.3) is 10.9 Å². The number of hydrogen-bond acceptors (Lipinski definition) is 4. The third-order valence-electron chi connectivity index (χ3n) is 4.58. The Hall–Kier alpha value is -2.90. The Morgan fingerprint density at radius 3 is 2.89 bits per heavy atom. The highest BCUT2D eigenvalue weighted by molar-refractivity contribution is 6.39. The molecule has 1 aliphatic rings. The number of carbonyl (C=O) groups is 2. The predicted molar refractivity (Wildman–Crippen MR) is 103 cm³/mol. The van der Waals surface area contributed by atoms with Crippen molar-refractivity contribution in [1.82, 2.24) is 20.8 Å². The molecule has 8 heteroatoms. The summed E-state index contributed by atoms with van der Waals surface area (Å²) in [6.45, 7) is 1.87. The lowest BCUT2D eigenvalue weighted by Crippen LogP contribution is -2.35. The Labute approximate surface area is 160 Å². The van der Waals surface area contributed by atoms with Crippen molar-refractivity contribution in [3.8, 4) is 0 Å². The van der Waals surface area contributed by atoms with Crippen LogP contribution in [0, 0.1) is 0 Å². The number of nitrogens with zero attached hydrogens (tertiary/aromatic N) is 1. The van der Waals surface area contributed by atoms with E-state index in [-0.39, 0.29) is 6.54 Å². The highest BCUT2D eigenvalue weighted by Gasteiger charge is 2.16. The van der Waals surface area contributed by atoms with Gasteiger partial charge in [-0.3, -0.25) is 14.7 Å². The summed E-state index contributed by atoms with van der Waals surface area (Å²) in [5.41, 5.74) is 4.45. The summed E-state index contributed by atoms with van der Waals surface area (Å²) in [4.78, 5) is 24.3. The topological polar surface area (TPSA) is 98.9 Å². The molecule has 2 heterocycles. The second kappa shape index (κ2) is 7.38. The molecule has 0 radical (unpaired) electrons. The molecule has 0 saturated heterocycles. The van der Waals surface area contributed by atoms with E-state index >= 15 is 0 Å². The second-order valence-corrected chi connectivity index (χ2v) is 6.85. The van der Waals surface area contributed by atoms with Crippen molar-refractivity contribution in [3.05, 3.63) is 58.2 Å². The SMILES string of the molecule is O=C(NCc1[nH]nc2ccc(Cl)cc12)C(=O)Nc1ccc2c(c1)CNCC2. The molecule has 3 aromatic rings. The summed E-state index contributed by atoms with van der Waals surface area (Å²) in [5, 5.41) is 16.9. The monoisotopic (exact) mass is 383 g/mol. The Morgan fingerprint density at radius 1 is 1.11 bits per heavy atom. The number of nitrogens with one attached hydrogen (secondary N) is 4. The van der Waals surface area contributed by atoms with Gasteiger partial charge in [0.2, 0.25) is 0 Å². The maximum atomic E-state index is 12.2. The number of carbonyl (C=O) groups excluding carboxylic acids is 2. The van der Waals surface area contributed by atoms with Crippen molar-refractivity contribution in [2.45, 2.75) is 19.5 Å². The van der Waals surface area contributed by atoms with Crippen molar-refractivity contribution < 1.29 is 9.59 Å². The van der Waals surface area contributed by atoms with Crippen LogP contribution in [0.5, 0.6) is 0 Å². The van der Waals surface area contributed by atoms with Crippen molar-refractivity contribution in [3.63, 3.8) is 0 Å². The molecule has 1 aromatic heterocycles. The van der Waals surface area contributed by atoms with E-state index < -0.39 is 11.8 Å². The fourth-order valence-electron chi connectivity index (χ4n) is 3.17. The van der Waals surface area contributed by atoms with Crippen molar-refractivity contribution in [1.29, 1.82) is 0 Å². The van der Waals surface area contributed by atoms with Crippen LogP contribution in [-0.4, -0.2) is 28.6 Å². The molecule has 27 heavy (non-hydrogen) atoms. The maximum Gasteiger partial charge on any atom is 0.313 e. The quantitative estimate of drug-likeness (QED) is 0.520. The Morgan fingerprint density at radius 2 is 2.00 bits per heavy atom. The van der Waals surface area contributed by atoms with Gasteiger partial charge in [-0.25, -0.2) is 0 Å². The first-order valence-electron chi connectivity index (χ1n) is 8.64. The third kappa shape index (κ3) is 3.79. The van der Waals surface area contributed by atoms with E-state index in [1.54, 1.807) is 18.2 Å². The molecule has 0 bridgehead atoms. The fourth-order valence-corrected chi connectivity index (χ4v) is 3.34. The lowest BCUT2D eigenvalue weighted by atomic mass is 10.0. The highest BCUT2D eigenvalue weighted by Crippen LogP contribution is 2.21.